The summed E-state index contributed by atoms with van der Waals surface area (Å²) in [6.07, 6.45) is -0.989. The van der Waals surface area contributed by atoms with Crippen molar-refractivity contribution in [2.45, 2.75) is 12.1 Å². The maximum absolute atomic E-state index is 12.8. The fraction of sp³-hybridized carbons (Fsp3) is 0.333. The zero-order valence-electron chi connectivity index (χ0n) is 7.32. The number of aliphatic hydroxyl groups excluding tert-OH is 2. The maximum Gasteiger partial charge on any atom is 0.137 e. The number of hydrogen-bond acceptors (Lipinski definition) is 3. The standard InChI is InChI=1S/C9H11BrFNO2/c10-6-3-5(1-2-7(6)11)9(14)8(12)4-13/h1-3,8-9,13-14H,4,12H2. The van der Waals surface area contributed by atoms with E-state index in [4.69, 9.17) is 10.8 Å². The molecule has 0 saturated heterocycles. The minimum Gasteiger partial charge on any atom is -0.395 e. The van der Waals surface area contributed by atoms with Crippen molar-refractivity contribution < 1.29 is 14.6 Å². The van der Waals surface area contributed by atoms with Crippen molar-refractivity contribution in [3.63, 3.8) is 0 Å². The monoisotopic (exact) mass is 263 g/mol. The lowest BCUT2D eigenvalue weighted by Crippen LogP contribution is -2.31. The Morgan fingerprint density at radius 2 is 2.14 bits per heavy atom. The second-order valence-corrected chi connectivity index (χ2v) is 3.82. The molecule has 0 aliphatic heterocycles. The Labute approximate surface area is 89.5 Å². The summed E-state index contributed by atoms with van der Waals surface area (Å²) in [5, 5.41) is 18.3. The molecule has 1 aromatic rings. The molecule has 3 nitrogen and oxygen atoms in total. The van der Waals surface area contributed by atoms with Crippen molar-refractivity contribution in [1.82, 2.24) is 0 Å². The van der Waals surface area contributed by atoms with Crippen molar-refractivity contribution in [2.24, 2.45) is 5.73 Å². The molecule has 0 radical (unpaired) electrons. The van der Waals surface area contributed by atoms with Gasteiger partial charge in [-0.05, 0) is 33.6 Å². The van der Waals surface area contributed by atoms with Crippen LogP contribution in [0.3, 0.4) is 0 Å². The Balaban J connectivity index is 2.91. The molecule has 2 atom stereocenters. The van der Waals surface area contributed by atoms with Crippen molar-refractivity contribution >= 4 is 15.9 Å². The van der Waals surface area contributed by atoms with E-state index in [0.717, 1.165) is 0 Å². The van der Waals surface area contributed by atoms with Gasteiger partial charge in [-0.2, -0.15) is 0 Å². The first-order chi connectivity index (χ1) is 6.56. The van der Waals surface area contributed by atoms with Crippen LogP contribution in [0.1, 0.15) is 11.7 Å². The zero-order valence-corrected chi connectivity index (χ0v) is 8.91. The first-order valence-electron chi connectivity index (χ1n) is 4.05. The molecule has 4 N–H and O–H groups in total. The SMILES string of the molecule is NC(CO)C(O)c1ccc(F)c(Br)c1. The van der Waals surface area contributed by atoms with Gasteiger partial charge in [0.25, 0.3) is 0 Å². The average molecular weight is 264 g/mol. The summed E-state index contributed by atoms with van der Waals surface area (Å²) in [6, 6.07) is 3.34. The molecule has 78 valence electrons. The average Bonchev–Trinajstić information content (AvgIpc) is 2.20. The highest BCUT2D eigenvalue weighted by atomic mass is 79.9. The van der Waals surface area contributed by atoms with Crippen LogP contribution in [-0.4, -0.2) is 22.9 Å². The van der Waals surface area contributed by atoms with E-state index in [-0.39, 0.29) is 11.1 Å². The Morgan fingerprint density at radius 3 is 2.64 bits per heavy atom. The summed E-state index contributed by atoms with van der Waals surface area (Å²) in [7, 11) is 0. The number of nitrogens with two attached hydrogens (primary N) is 1. The highest BCUT2D eigenvalue weighted by Gasteiger charge is 2.16. The Bertz CT molecular complexity index is 322. The predicted octanol–water partition coefficient (Wildman–Crippen LogP) is 0.941. The number of halogens is 2. The zero-order chi connectivity index (χ0) is 10.7. The third-order valence-electron chi connectivity index (χ3n) is 1.90. The minimum absolute atomic E-state index is 0.263. The van der Waals surface area contributed by atoms with Crippen LogP contribution in [-0.2, 0) is 0 Å². The van der Waals surface area contributed by atoms with Crippen LogP contribution in [0.15, 0.2) is 22.7 Å². The summed E-state index contributed by atoms with van der Waals surface area (Å²) in [5.41, 5.74) is 5.90. The second-order valence-electron chi connectivity index (χ2n) is 2.96. The van der Waals surface area contributed by atoms with Crippen LogP contribution < -0.4 is 5.73 Å². The van der Waals surface area contributed by atoms with Gasteiger partial charge >= 0.3 is 0 Å². The molecule has 0 amide bonds. The normalized spacial score (nSPS) is 15.2. The summed E-state index contributed by atoms with van der Waals surface area (Å²) in [4.78, 5) is 0. The molecule has 0 bridgehead atoms. The molecular weight excluding hydrogens is 253 g/mol. The number of benzene rings is 1. The van der Waals surface area contributed by atoms with Crippen molar-refractivity contribution in [3.8, 4) is 0 Å². The van der Waals surface area contributed by atoms with E-state index in [0.29, 0.717) is 5.56 Å². The number of rotatable bonds is 3. The lowest BCUT2D eigenvalue weighted by atomic mass is 10.0. The third kappa shape index (κ3) is 2.51. The van der Waals surface area contributed by atoms with Crippen LogP contribution in [0, 0.1) is 5.82 Å². The molecule has 0 spiro atoms. The van der Waals surface area contributed by atoms with Gasteiger partial charge in [-0.15, -0.1) is 0 Å². The van der Waals surface area contributed by atoms with Crippen LogP contribution in [0.4, 0.5) is 4.39 Å². The molecule has 5 heteroatoms. The molecule has 0 heterocycles. The van der Waals surface area contributed by atoms with E-state index in [9.17, 15) is 9.50 Å². The van der Waals surface area contributed by atoms with Gasteiger partial charge in [0.15, 0.2) is 0 Å². The highest BCUT2D eigenvalue weighted by molar-refractivity contribution is 9.10. The Hall–Kier alpha value is -0.490. The van der Waals surface area contributed by atoms with Gasteiger partial charge in [0, 0.05) is 0 Å². The first-order valence-corrected chi connectivity index (χ1v) is 4.85. The topological polar surface area (TPSA) is 66.5 Å². The number of hydrogen-bond donors (Lipinski definition) is 3. The molecule has 0 fully saturated rings. The maximum atomic E-state index is 12.8. The Morgan fingerprint density at radius 1 is 1.50 bits per heavy atom. The van der Waals surface area contributed by atoms with E-state index >= 15 is 0 Å². The molecule has 0 saturated carbocycles. The molecule has 1 rings (SSSR count). The van der Waals surface area contributed by atoms with Gasteiger partial charge in [-0.25, -0.2) is 4.39 Å². The van der Waals surface area contributed by atoms with Gasteiger partial charge in [-0.3, -0.25) is 0 Å². The van der Waals surface area contributed by atoms with Crippen molar-refractivity contribution in [3.05, 3.63) is 34.1 Å². The smallest absolute Gasteiger partial charge is 0.137 e. The predicted molar refractivity (Wildman–Crippen MR) is 54.1 cm³/mol. The third-order valence-corrected chi connectivity index (χ3v) is 2.51. The van der Waals surface area contributed by atoms with Crippen LogP contribution in [0.5, 0.6) is 0 Å². The van der Waals surface area contributed by atoms with Gasteiger partial charge in [0.1, 0.15) is 5.82 Å². The fourth-order valence-corrected chi connectivity index (χ4v) is 1.44. The molecule has 0 aliphatic carbocycles. The van der Waals surface area contributed by atoms with Gasteiger partial charge in [0.2, 0.25) is 0 Å². The van der Waals surface area contributed by atoms with Crippen LogP contribution in [0.25, 0.3) is 0 Å². The van der Waals surface area contributed by atoms with E-state index < -0.39 is 18.0 Å². The van der Waals surface area contributed by atoms with E-state index in [1.807, 2.05) is 0 Å². The summed E-state index contributed by atoms with van der Waals surface area (Å²) < 4.78 is 13.1. The van der Waals surface area contributed by atoms with E-state index in [2.05, 4.69) is 15.9 Å². The van der Waals surface area contributed by atoms with Gasteiger partial charge < -0.3 is 15.9 Å². The van der Waals surface area contributed by atoms with Crippen LogP contribution in [0.2, 0.25) is 0 Å². The summed E-state index contributed by atoms with van der Waals surface area (Å²) >= 11 is 3.00. The minimum atomic E-state index is -0.989. The number of aliphatic hydroxyl groups is 2. The van der Waals surface area contributed by atoms with Crippen LogP contribution >= 0.6 is 15.9 Å². The highest BCUT2D eigenvalue weighted by Crippen LogP contribution is 2.22. The molecular formula is C9H11BrFNO2. The van der Waals surface area contributed by atoms with E-state index in [1.165, 1.54) is 18.2 Å². The second kappa shape index (κ2) is 4.84. The molecule has 14 heavy (non-hydrogen) atoms. The van der Waals surface area contributed by atoms with Gasteiger partial charge in [-0.1, -0.05) is 6.07 Å². The van der Waals surface area contributed by atoms with E-state index in [1.54, 1.807) is 0 Å². The molecule has 2 unspecified atom stereocenters. The fourth-order valence-electron chi connectivity index (χ4n) is 1.04. The summed E-state index contributed by atoms with van der Waals surface area (Å²) in [5.74, 6) is -0.404. The van der Waals surface area contributed by atoms with Gasteiger partial charge in [0.05, 0.1) is 23.2 Å². The summed E-state index contributed by atoms with van der Waals surface area (Å²) in [6.45, 7) is -0.323. The lowest BCUT2D eigenvalue weighted by molar-refractivity contribution is 0.109. The Kier molecular flexibility index (Phi) is 4.00. The molecule has 0 aliphatic rings. The van der Waals surface area contributed by atoms with Crippen molar-refractivity contribution in [2.75, 3.05) is 6.61 Å². The quantitative estimate of drug-likeness (QED) is 0.761. The lowest BCUT2D eigenvalue weighted by Gasteiger charge is -2.16. The molecule has 1 aromatic carbocycles. The first kappa shape index (κ1) is 11.6. The largest absolute Gasteiger partial charge is 0.395 e. The van der Waals surface area contributed by atoms with Crippen molar-refractivity contribution in [1.29, 1.82) is 0 Å². The molecule has 0 aromatic heterocycles.